The molecule has 1 saturated heterocycles. The molecule has 0 aliphatic carbocycles. The molecule has 0 spiro atoms. The number of hydrogen-bond donors (Lipinski definition) is 2. The number of anilines is 1. The van der Waals surface area contributed by atoms with Gasteiger partial charge in [-0.3, -0.25) is 9.59 Å². The van der Waals surface area contributed by atoms with Crippen LogP contribution in [-0.4, -0.2) is 41.0 Å². The molecule has 2 aromatic carbocycles. The van der Waals surface area contributed by atoms with Crippen molar-refractivity contribution in [3.63, 3.8) is 0 Å². The number of carbonyl (C=O) groups excluding carboxylic acids is 2. The Morgan fingerprint density at radius 1 is 1.10 bits per heavy atom. The number of amides is 2. The van der Waals surface area contributed by atoms with Crippen molar-refractivity contribution >= 4 is 23.2 Å². The van der Waals surface area contributed by atoms with Crippen LogP contribution in [0.15, 0.2) is 36.4 Å². The predicted molar refractivity (Wildman–Crippen MR) is 103 cm³/mol. The Labute approximate surface area is 174 Å². The van der Waals surface area contributed by atoms with E-state index in [2.05, 4.69) is 10.2 Å². The van der Waals surface area contributed by atoms with Crippen LogP contribution in [0.25, 0.3) is 4.85 Å². The summed E-state index contributed by atoms with van der Waals surface area (Å²) in [5, 5.41) is 11.8. The van der Waals surface area contributed by atoms with Crippen molar-refractivity contribution in [2.24, 2.45) is 0 Å². The average molecular weight is 435 g/mol. The summed E-state index contributed by atoms with van der Waals surface area (Å²) in [6.07, 6.45) is -0.412. The van der Waals surface area contributed by atoms with E-state index in [0.29, 0.717) is 12.1 Å². The maximum absolute atomic E-state index is 14.8. The Kier molecular flexibility index (Phi) is 6.27. The van der Waals surface area contributed by atoms with Crippen molar-refractivity contribution < 1.29 is 32.3 Å². The Bertz CT molecular complexity index is 1060. The third-order valence-electron chi connectivity index (χ3n) is 4.91. The van der Waals surface area contributed by atoms with Gasteiger partial charge in [0, 0.05) is 24.3 Å². The Morgan fingerprint density at radius 2 is 1.74 bits per heavy atom. The van der Waals surface area contributed by atoms with Gasteiger partial charge in [0.15, 0.2) is 0 Å². The van der Waals surface area contributed by atoms with Gasteiger partial charge in [0.1, 0.15) is 11.6 Å². The summed E-state index contributed by atoms with van der Waals surface area (Å²) < 4.78 is 57.2. The number of benzene rings is 2. The minimum Gasteiger partial charge on any atom is -0.393 e. The molecule has 1 heterocycles. The van der Waals surface area contributed by atoms with Crippen LogP contribution >= 0.6 is 0 Å². The molecule has 0 unspecified atom stereocenters. The fourth-order valence-electron chi connectivity index (χ4n) is 3.17. The molecule has 162 valence electrons. The van der Waals surface area contributed by atoms with Crippen molar-refractivity contribution in [3.05, 3.63) is 70.6 Å². The number of aliphatic hydroxyl groups is 1. The summed E-state index contributed by atoms with van der Waals surface area (Å²) in [5.41, 5.74) is -1.91. The number of likely N-dealkylation sites (tertiary alicyclic amines) is 1. The molecule has 2 amide bonds. The molecule has 0 aromatic heterocycles. The number of carbonyl (C=O) groups is 2. The molecule has 1 aliphatic heterocycles. The van der Waals surface area contributed by atoms with Gasteiger partial charge in [0.05, 0.1) is 18.2 Å². The Hall–Kier alpha value is -3.45. The maximum Gasteiger partial charge on any atom is 0.352 e. The fourth-order valence-corrected chi connectivity index (χ4v) is 3.17. The molecule has 3 rings (SSSR count). The Balaban J connectivity index is 1.84. The first-order valence-electron chi connectivity index (χ1n) is 9.27. The minimum atomic E-state index is -4.23. The molecule has 31 heavy (non-hydrogen) atoms. The molecule has 0 bridgehead atoms. The van der Waals surface area contributed by atoms with E-state index in [-0.39, 0.29) is 42.9 Å². The second kappa shape index (κ2) is 8.73. The van der Waals surface area contributed by atoms with Crippen LogP contribution in [0.3, 0.4) is 0 Å². The molecule has 0 atom stereocenters. The predicted octanol–water partition coefficient (Wildman–Crippen LogP) is 3.84. The lowest BCUT2D eigenvalue weighted by atomic mass is 10.0. The summed E-state index contributed by atoms with van der Waals surface area (Å²) in [5.74, 6) is -8.90. The lowest BCUT2D eigenvalue weighted by Gasteiger charge is -2.32. The Morgan fingerprint density at radius 3 is 2.39 bits per heavy atom. The second-order valence-electron chi connectivity index (χ2n) is 7.02. The van der Waals surface area contributed by atoms with Gasteiger partial charge >= 0.3 is 5.92 Å². The topological polar surface area (TPSA) is 74.0 Å². The number of nitrogens with zero attached hydrogens (tertiary/aromatic N) is 2. The van der Waals surface area contributed by atoms with E-state index in [1.165, 1.54) is 6.07 Å². The van der Waals surface area contributed by atoms with Crippen molar-refractivity contribution in [3.8, 4) is 0 Å². The lowest BCUT2D eigenvalue weighted by Crippen LogP contribution is -2.47. The third-order valence-corrected chi connectivity index (χ3v) is 4.91. The summed E-state index contributed by atoms with van der Waals surface area (Å²) in [4.78, 5) is 28.5. The van der Waals surface area contributed by atoms with Crippen LogP contribution < -0.4 is 5.32 Å². The SMILES string of the molecule is [C-]#[N+]c1cc(NC(=O)c2ccc(F)c(C(F)(F)C(=O)N3CCC(O)CC3)c2)ccc1F. The standard InChI is InChI=1S/C21H17F4N3O3/c1-26-18-11-13(3-5-17(18)23)27-19(30)12-2-4-16(22)15(10-12)21(24,25)20(31)28-8-6-14(29)7-9-28/h2-5,10-11,14,29H,6-9H2,(H,27,30). The summed E-state index contributed by atoms with van der Waals surface area (Å²) >= 11 is 0. The molecule has 1 fully saturated rings. The molecule has 2 N–H and O–H groups in total. The van der Waals surface area contributed by atoms with Gasteiger partial charge in [-0.15, -0.1) is 0 Å². The molecule has 0 radical (unpaired) electrons. The second-order valence-corrected chi connectivity index (χ2v) is 7.02. The monoisotopic (exact) mass is 435 g/mol. The zero-order chi connectivity index (χ0) is 22.8. The molecular formula is C21H17F4N3O3. The molecule has 2 aromatic rings. The van der Waals surface area contributed by atoms with E-state index in [9.17, 15) is 32.3 Å². The zero-order valence-corrected chi connectivity index (χ0v) is 16.0. The van der Waals surface area contributed by atoms with Gasteiger partial charge in [-0.05, 0) is 49.2 Å². The summed E-state index contributed by atoms with van der Waals surface area (Å²) in [6, 6.07) is 5.40. The van der Waals surface area contributed by atoms with E-state index in [4.69, 9.17) is 6.57 Å². The van der Waals surface area contributed by atoms with E-state index in [1.54, 1.807) is 0 Å². The van der Waals surface area contributed by atoms with Crippen LogP contribution in [0.2, 0.25) is 0 Å². The van der Waals surface area contributed by atoms with Crippen LogP contribution in [0.5, 0.6) is 0 Å². The van der Waals surface area contributed by atoms with Crippen LogP contribution in [0.1, 0.15) is 28.8 Å². The highest BCUT2D eigenvalue weighted by Gasteiger charge is 2.46. The summed E-state index contributed by atoms with van der Waals surface area (Å²) in [7, 11) is 0. The molecule has 0 saturated carbocycles. The highest BCUT2D eigenvalue weighted by molar-refractivity contribution is 6.04. The first-order valence-corrected chi connectivity index (χ1v) is 9.27. The largest absolute Gasteiger partial charge is 0.393 e. The average Bonchev–Trinajstić information content (AvgIpc) is 2.75. The highest BCUT2D eigenvalue weighted by Crippen LogP contribution is 2.34. The van der Waals surface area contributed by atoms with E-state index >= 15 is 0 Å². The number of alkyl halides is 2. The zero-order valence-electron chi connectivity index (χ0n) is 16.0. The van der Waals surface area contributed by atoms with E-state index in [0.717, 1.165) is 23.1 Å². The van der Waals surface area contributed by atoms with Crippen molar-refractivity contribution in [1.82, 2.24) is 4.90 Å². The van der Waals surface area contributed by atoms with Crippen LogP contribution in [0, 0.1) is 18.2 Å². The quantitative estimate of drug-likeness (QED) is 0.566. The van der Waals surface area contributed by atoms with Gasteiger partial charge in [-0.25, -0.2) is 13.6 Å². The van der Waals surface area contributed by atoms with Gasteiger partial charge in [-0.2, -0.15) is 8.78 Å². The van der Waals surface area contributed by atoms with Gasteiger partial charge in [0.2, 0.25) is 5.69 Å². The number of nitrogens with one attached hydrogen (secondary N) is 1. The van der Waals surface area contributed by atoms with Gasteiger partial charge in [0.25, 0.3) is 11.8 Å². The van der Waals surface area contributed by atoms with E-state index in [1.807, 2.05) is 0 Å². The van der Waals surface area contributed by atoms with Crippen molar-refractivity contribution in [1.29, 1.82) is 0 Å². The number of rotatable bonds is 4. The van der Waals surface area contributed by atoms with Gasteiger partial charge in [-0.1, -0.05) is 0 Å². The van der Waals surface area contributed by atoms with Crippen LogP contribution in [0.4, 0.5) is 28.9 Å². The first kappa shape index (κ1) is 22.2. The molecular weight excluding hydrogens is 418 g/mol. The third kappa shape index (κ3) is 4.67. The first-order chi connectivity index (χ1) is 14.6. The molecule has 10 heteroatoms. The molecule has 1 aliphatic rings. The van der Waals surface area contributed by atoms with Gasteiger partial charge < -0.3 is 15.3 Å². The normalized spacial score (nSPS) is 14.8. The van der Waals surface area contributed by atoms with Crippen molar-refractivity contribution in [2.45, 2.75) is 24.9 Å². The maximum atomic E-state index is 14.8. The number of halogens is 4. The number of aliphatic hydroxyl groups excluding tert-OH is 1. The van der Waals surface area contributed by atoms with E-state index < -0.39 is 41.0 Å². The minimum absolute atomic E-state index is 0.0398. The number of hydrogen-bond acceptors (Lipinski definition) is 3. The number of piperidine rings is 1. The molecule has 6 nitrogen and oxygen atoms in total. The smallest absolute Gasteiger partial charge is 0.352 e. The lowest BCUT2D eigenvalue weighted by molar-refractivity contribution is -0.161. The van der Waals surface area contributed by atoms with Crippen LogP contribution in [-0.2, 0) is 10.7 Å². The highest BCUT2D eigenvalue weighted by atomic mass is 19.3. The summed E-state index contributed by atoms with van der Waals surface area (Å²) in [6.45, 7) is 6.70. The van der Waals surface area contributed by atoms with Crippen molar-refractivity contribution in [2.75, 3.05) is 18.4 Å². The fraction of sp³-hybridized carbons (Fsp3) is 0.286.